The third-order valence-electron chi connectivity index (χ3n) is 4.58. The minimum atomic E-state index is -0.305. The summed E-state index contributed by atoms with van der Waals surface area (Å²) in [6.45, 7) is 8.02. The Morgan fingerprint density at radius 1 is 1.00 bits per heavy atom. The highest BCUT2D eigenvalue weighted by Gasteiger charge is 2.13. The Kier molecular flexibility index (Phi) is 6.93. The molecule has 0 saturated heterocycles. The SMILES string of the molecule is COc1ccc(C(C)NC(=O)NCOc2c(C)ccc(C)c2C)cc1OC. The van der Waals surface area contributed by atoms with Crippen LogP contribution in [0.3, 0.4) is 0 Å². The number of benzene rings is 2. The smallest absolute Gasteiger partial charge is 0.317 e. The van der Waals surface area contributed by atoms with Crippen LogP contribution >= 0.6 is 0 Å². The van der Waals surface area contributed by atoms with Crippen LogP contribution in [0.15, 0.2) is 30.3 Å². The summed E-state index contributed by atoms with van der Waals surface area (Å²) in [6, 6.07) is 9.12. The average molecular weight is 372 g/mol. The van der Waals surface area contributed by atoms with Gasteiger partial charge < -0.3 is 24.8 Å². The Hall–Kier alpha value is -2.89. The molecule has 2 aromatic rings. The highest BCUT2D eigenvalue weighted by atomic mass is 16.5. The summed E-state index contributed by atoms with van der Waals surface area (Å²) in [4.78, 5) is 12.2. The molecule has 2 N–H and O–H groups in total. The molecule has 2 rings (SSSR count). The van der Waals surface area contributed by atoms with Gasteiger partial charge in [-0.1, -0.05) is 18.2 Å². The maximum atomic E-state index is 12.2. The number of hydrogen-bond acceptors (Lipinski definition) is 4. The summed E-state index contributed by atoms with van der Waals surface area (Å²) in [5, 5.41) is 5.61. The fourth-order valence-electron chi connectivity index (χ4n) is 2.77. The number of methoxy groups -OCH3 is 2. The molecule has 27 heavy (non-hydrogen) atoms. The standard InChI is InChI=1S/C21H28N2O4/c1-13-7-8-14(2)20(15(13)3)27-12-22-21(24)23-16(4)17-9-10-18(25-5)19(11-17)26-6/h7-11,16H,12H2,1-6H3,(H2,22,23,24). The highest BCUT2D eigenvalue weighted by molar-refractivity contribution is 5.74. The monoisotopic (exact) mass is 372 g/mol. The Morgan fingerprint density at radius 2 is 1.67 bits per heavy atom. The molecule has 0 radical (unpaired) electrons. The van der Waals surface area contributed by atoms with E-state index in [1.807, 2.05) is 52.0 Å². The van der Waals surface area contributed by atoms with Crippen molar-refractivity contribution in [2.45, 2.75) is 33.7 Å². The molecule has 2 aromatic carbocycles. The van der Waals surface area contributed by atoms with Gasteiger partial charge in [0.2, 0.25) is 0 Å². The van der Waals surface area contributed by atoms with Gasteiger partial charge in [0, 0.05) is 0 Å². The first-order valence-electron chi connectivity index (χ1n) is 8.83. The van der Waals surface area contributed by atoms with E-state index in [0.717, 1.165) is 28.0 Å². The van der Waals surface area contributed by atoms with E-state index in [1.165, 1.54) is 0 Å². The Labute approximate surface area is 160 Å². The molecule has 0 aliphatic rings. The van der Waals surface area contributed by atoms with E-state index in [9.17, 15) is 4.79 Å². The lowest BCUT2D eigenvalue weighted by Crippen LogP contribution is -2.39. The van der Waals surface area contributed by atoms with Crippen molar-refractivity contribution in [3.05, 3.63) is 52.6 Å². The second-order valence-corrected chi connectivity index (χ2v) is 6.43. The number of urea groups is 1. The number of amides is 2. The molecule has 146 valence electrons. The first kappa shape index (κ1) is 20.4. The van der Waals surface area contributed by atoms with Crippen molar-refractivity contribution in [2.75, 3.05) is 21.0 Å². The predicted molar refractivity (Wildman–Crippen MR) is 106 cm³/mol. The zero-order valence-electron chi connectivity index (χ0n) is 16.8. The molecule has 0 aliphatic carbocycles. The maximum absolute atomic E-state index is 12.2. The Bertz CT molecular complexity index is 805. The van der Waals surface area contributed by atoms with E-state index in [2.05, 4.69) is 16.7 Å². The third kappa shape index (κ3) is 5.06. The molecule has 0 aromatic heterocycles. The topological polar surface area (TPSA) is 68.8 Å². The summed E-state index contributed by atoms with van der Waals surface area (Å²) in [6.07, 6.45) is 0. The van der Waals surface area contributed by atoms with Crippen LogP contribution in [-0.4, -0.2) is 27.0 Å². The number of carbonyl (C=O) groups excluding carboxylic acids is 1. The van der Waals surface area contributed by atoms with Crippen molar-refractivity contribution in [2.24, 2.45) is 0 Å². The van der Waals surface area contributed by atoms with Gasteiger partial charge in [-0.2, -0.15) is 0 Å². The number of carbonyl (C=O) groups is 1. The molecular formula is C21H28N2O4. The molecule has 6 nitrogen and oxygen atoms in total. The van der Waals surface area contributed by atoms with Crippen LogP contribution in [0.2, 0.25) is 0 Å². The Morgan fingerprint density at radius 3 is 2.33 bits per heavy atom. The van der Waals surface area contributed by atoms with Crippen molar-refractivity contribution in [1.82, 2.24) is 10.6 Å². The average Bonchev–Trinajstić information content (AvgIpc) is 2.66. The fourth-order valence-corrected chi connectivity index (χ4v) is 2.77. The van der Waals surface area contributed by atoms with E-state index in [4.69, 9.17) is 14.2 Å². The van der Waals surface area contributed by atoms with Crippen molar-refractivity contribution < 1.29 is 19.0 Å². The summed E-state index contributed by atoms with van der Waals surface area (Å²) in [7, 11) is 3.17. The summed E-state index contributed by atoms with van der Waals surface area (Å²) >= 11 is 0. The van der Waals surface area contributed by atoms with Gasteiger partial charge in [-0.3, -0.25) is 0 Å². The number of rotatable bonds is 7. The van der Waals surface area contributed by atoms with Crippen molar-refractivity contribution in [3.8, 4) is 17.2 Å². The quantitative estimate of drug-likeness (QED) is 0.720. The molecule has 0 saturated carbocycles. The van der Waals surface area contributed by atoms with Crippen LogP contribution in [0.25, 0.3) is 0 Å². The van der Waals surface area contributed by atoms with Gasteiger partial charge in [0.25, 0.3) is 0 Å². The lowest BCUT2D eigenvalue weighted by Gasteiger charge is -2.18. The van der Waals surface area contributed by atoms with Gasteiger partial charge in [-0.15, -0.1) is 0 Å². The minimum Gasteiger partial charge on any atom is -0.493 e. The fraction of sp³-hybridized carbons (Fsp3) is 0.381. The molecule has 2 amide bonds. The number of aryl methyl sites for hydroxylation is 2. The largest absolute Gasteiger partial charge is 0.493 e. The second kappa shape index (κ2) is 9.16. The third-order valence-corrected chi connectivity index (χ3v) is 4.58. The van der Waals surface area contributed by atoms with Gasteiger partial charge in [-0.05, 0) is 62.1 Å². The van der Waals surface area contributed by atoms with E-state index in [0.29, 0.717) is 11.5 Å². The minimum absolute atomic E-state index is 0.0929. The number of nitrogens with one attached hydrogen (secondary N) is 2. The van der Waals surface area contributed by atoms with E-state index >= 15 is 0 Å². The summed E-state index contributed by atoms with van der Waals surface area (Å²) < 4.78 is 16.3. The molecule has 0 spiro atoms. The van der Waals surface area contributed by atoms with Crippen LogP contribution in [0.1, 0.15) is 35.2 Å². The zero-order chi connectivity index (χ0) is 20.0. The van der Waals surface area contributed by atoms with Gasteiger partial charge in [0.15, 0.2) is 18.2 Å². The first-order valence-corrected chi connectivity index (χ1v) is 8.83. The number of ether oxygens (including phenoxy) is 3. The van der Waals surface area contributed by atoms with E-state index in [1.54, 1.807) is 14.2 Å². The molecule has 6 heteroatoms. The van der Waals surface area contributed by atoms with Gasteiger partial charge in [0.1, 0.15) is 5.75 Å². The number of hydrogen-bond donors (Lipinski definition) is 2. The second-order valence-electron chi connectivity index (χ2n) is 6.43. The van der Waals surface area contributed by atoms with Crippen molar-refractivity contribution in [3.63, 3.8) is 0 Å². The van der Waals surface area contributed by atoms with Crippen LogP contribution in [0.4, 0.5) is 4.79 Å². The molecule has 0 heterocycles. The van der Waals surface area contributed by atoms with Crippen LogP contribution < -0.4 is 24.8 Å². The van der Waals surface area contributed by atoms with Crippen molar-refractivity contribution >= 4 is 6.03 Å². The molecule has 0 bridgehead atoms. The highest BCUT2D eigenvalue weighted by Crippen LogP contribution is 2.30. The maximum Gasteiger partial charge on any atom is 0.317 e. The molecule has 1 atom stereocenters. The summed E-state index contributed by atoms with van der Waals surface area (Å²) in [5.74, 6) is 2.08. The lowest BCUT2D eigenvalue weighted by molar-refractivity contribution is 0.220. The van der Waals surface area contributed by atoms with Crippen molar-refractivity contribution in [1.29, 1.82) is 0 Å². The van der Waals surface area contributed by atoms with Gasteiger partial charge >= 0.3 is 6.03 Å². The first-order chi connectivity index (χ1) is 12.9. The van der Waals surface area contributed by atoms with E-state index < -0.39 is 0 Å². The molecule has 0 aliphatic heterocycles. The molecule has 1 unspecified atom stereocenters. The lowest BCUT2D eigenvalue weighted by atomic mass is 10.1. The van der Waals surface area contributed by atoms with Crippen LogP contribution in [0.5, 0.6) is 17.2 Å². The van der Waals surface area contributed by atoms with Crippen LogP contribution in [0, 0.1) is 20.8 Å². The normalized spacial score (nSPS) is 11.5. The van der Waals surface area contributed by atoms with Crippen LogP contribution in [-0.2, 0) is 0 Å². The van der Waals surface area contributed by atoms with Gasteiger partial charge in [-0.25, -0.2) is 4.79 Å². The Balaban J connectivity index is 1.91. The van der Waals surface area contributed by atoms with Gasteiger partial charge in [0.05, 0.1) is 20.3 Å². The molecular weight excluding hydrogens is 344 g/mol. The van der Waals surface area contributed by atoms with E-state index in [-0.39, 0.29) is 18.8 Å². The summed E-state index contributed by atoms with van der Waals surface area (Å²) in [5.41, 5.74) is 4.19. The zero-order valence-corrected chi connectivity index (χ0v) is 16.8. The predicted octanol–water partition coefficient (Wildman–Crippen LogP) is 4.03. The molecule has 0 fully saturated rings.